The van der Waals surface area contributed by atoms with Gasteiger partial charge in [0.2, 0.25) is 0 Å². The Bertz CT molecular complexity index is 504. The summed E-state index contributed by atoms with van der Waals surface area (Å²) in [6, 6.07) is 4.22. The van der Waals surface area contributed by atoms with Gasteiger partial charge in [0.15, 0.2) is 5.96 Å². The van der Waals surface area contributed by atoms with Gasteiger partial charge in [-0.25, -0.2) is 0 Å². The van der Waals surface area contributed by atoms with Crippen molar-refractivity contribution in [3.8, 4) is 0 Å². The van der Waals surface area contributed by atoms with E-state index < -0.39 is 0 Å². The Kier molecular flexibility index (Phi) is 9.09. The van der Waals surface area contributed by atoms with Crippen LogP contribution >= 0.6 is 27.3 Å². The molecule has 0 aliphatic carbocycles. The Balaban J connectivity index is 1.57. The zero-order chi connectivity index (χ0) is 17.2. The third-order valence-electron chi connectivity index (χ3n) is 4.04. The van der Waals surface area contributed by atoms with Gasteiger partial charge >= 0.3 is 0 Å². The third kappa shape index (κ3) is 7.09. The maximum Gasteiger partial charge on any atom is 0.193 e. The summed E-state index contributed by atoms with van der Waals surface area (Å²) in [4.78, 5) is 7.80. The SMILES string of the molecule is CN=C(NCCCOCC1CCOCC1)N(C)Cc1ccc(Br)s1. The van der Waals surface area contributed by atoms with Crippen LogP contribution in [0.1, 0.15) is 24.1 Å². The molecule has 0 spiro atoms. The van der Waals surface area contributed by atoms with E-state index in [1.807, 2.05) is 7.05 Å². The average molecular weight is 418 g/mol. The molecule has 0 bridgehead atoms. The van der Waals surface area contributed by atoms with Crippen molar-refractivity contribution in [3.05, 3.63) is 20.8 Å². The largest absolute Gasteiger partial charge is 0.381 e. The number of thiophene rings is 1. The zero-order valence-corrected chi connectivity index (χ0v) is 17.0. The second-order valence-electron chi connectivity index (χ2n) is 6.02. The summed E-state index contributed by atoms with van der Waals surface area (Å²) in [6.07, 6.45) is 3.25. The lowest BCUT2D eigenvalue weighted by atomic mass is 10.0. The molecule has 7 heteroatoms. The van der Waals surface area contributed by atoms with Gasteiger partial charge < -0.3 is 19.7 Å². The van der Waals surface area contributed by atoms with Crippen molar-refractivity contribution < 1.29 is 9.47 Å². The van der Waals surface area contributed by atoms with E-state index >= 15 is 0 Å². The van der Waals surface area contributed by atoms with E-state index in [-0.39, 0.29) is 0 Å². The molecule has 24 heavy (non-hydrogen) atoms. The number of nitrogens with zero attached hydrogens (tertiary/aromatic N) is 2. The Morgan fingerprint density at radius 1 is 1.46 bits per heavy atom. The number of rotatable bonds is 8. The lowest BCUT2D eigenvalue weighted by Crippen LogP contribution is -2.39. The zero-order valence-electron chi connectivity index (χ0n) is 14.6. The van der Waals surface area contributed by atoms with Crippen LogP contribution in [0.2, 0.25) is 0 Å². The van der Waals surface area contributed by atoms with Crippen LogP contribution < -0.4 is 5.32 Å². The third-order valence-corrected chi connectivity index (χ3v) is 5.65. The van der Waals surface area contributed by atoms with Crippen LogP contribution in [0.15, 0.2) is 20.9 Å². The molecule has 0 saturated carbocycles. The Labute approximate surface area is 157 Å². The van der Waals surface area contributed by atoms with Gasteiger partial charge in [0, 0.05) is 51.9 Å². The highest BCUT2D eigenvalue weighted by Gasteiger charge is 2.13. The second kappa shape index (κ2) is 11.1. The molecule has 0 unspecified atom stereocenters. The number of aliphatic imine (C=N–C) groups is 1. The molecule has 136 valence electrons. The second-order valence-corrected chi connectivity index (χ2v) is 8.57. The van der Waals surface area contributed by atoms with Crippen molar-refractivity contribution in [3.63, 3.8) is 0 Å². The number of hydrogen-bond donors (Lipinski definition) is 1. The van der Waals surface area contributed by atoms with Crippen LogP contribution in [0.25, 0.3) is 0 Å². The fourth-order valence-electron chi connectivity index (χ4n) is 2.67. The molecule has 1 aliphatic heterocycles. The lowest BCUT2D eigenvalue weighted by molar-refractivity contribution is 0.0203. The summed E-state index contributed by atoms with van der Waals surface area (Å²) in [7, 11) is 3.88. The summed E-state index contributed by atoms with van der Waals surface area (Å²) in [5.41, 5.74) is 0. The molecule has 1 aromatic heterocycles. The van der Waals surface area contributed by atoms with Crippen LogP contribution in [0.3, 0.4) is 0 Å². The number of nitrogens with one attached hydrogen (secondary N) is 1. The van der Waals surface area contributed by atoms with Crippen LogP contribution in [-0.4, -0.2) is 57.9 Å². The highest BCUT2D eigenvalue weighted by atomic mass is 79.9. The first-order chi connectivity index (χ1) is 11.7. The van der Waals surface area contributed by atoms with Crippen LogP contribution in [0.4, 0.5) is 0 Å². The minimum absolute atomic E-state index is 0.677. The van der Waals surface area contributed by atoms with Crippen molar-refractivity contribution in [1.29, 1.82) is 0 Å². The Morgan fingerprint density at radius 2 is 2.25 bits per heavy atom. The van der Waals surface area contributed by atoms with Crippen molar-refractivity contribution >= 4 is 33.2 Å². The summed E-state index contributed by atoms with van der Waals surface area (Å²) in [5.74, 6) is 1.60. The highest BCUT2D eigenvalue weighted by Crippen LogP contribution is 2.22. The quantitative estimate of drug-likeness (QED) is 0.400. The minimum atomic E-state index is 0.677. The molecule has 1 aliphatic rings. The summed E-state index contributed by atoms with van der Waals surface area (Å²) < 4.78 is 12.3. The number of ether oxygens (including phenoxy) is 2. The molecule has 1 saturated heterocycles. The predicted octanol–water partition coefficient (Wildman–Crippen LogP) is 3.35. The van der Waals surface area contributed by atoms with Gasteiger partial charge in [-0.05, 0) is 53.2 Å². The summed E-state index contributed by atoms with van der Waals surface area (Å²) in [6.45, 7) is 5.17. The standard InChI is InChI=1S/C17H28BrN3O2S/c1-19-17(21(2)12-15-4-5-16(18)24-15)20-8-3-9-23-13-14-6-10-22-11-7-14/h4-5,14H,3,6-13H2,1-2H3,(H,19,20). The molecular formula is C17H28BrN3O2S. The summed E-state index contributed by atoms with van der Waals surface area (Å²) in [5, 5.41) is 3.40. The molecule has 0 amide bonds. The van der Waals surface area contributed by atoms with Gasteiger partial charge in [-0.15, -0.1) is 11.3 Å². The van der Waals surface area contributed by atoms with E-state index in [4.69, 9.17) is 9.47 Å². The molecule has 1 aromatic rings. The lowest BCUT2D eigenvalue weighted by Gasteiger charge is -2.22. The molecule has 1 fully saturated rings. The first kappa shape index (κ1) is 19.7. The van der Waals surface area contributed by atoms with E-state index in [0.717, 1.165) is 68.5 Å². The molecule has 2 heterocycles. The van der Waals surface area contributed by atoms with Gasteiger partial charge in [0.25, 0.3) is 0 Å². The van der Waals surface area contributed by atoms with Gasteiger partial charge in [-0.2, -0.15) is 0 Å². The fraction of sp³-hybridized carbons (Fsp3) is 0.706. The van der Waals surface area contributed by atoms with E-state index in [9.17, 15) is 0 Å². The van der Waals surface area contributed by atoms with Crippen LogP contribution in [-0.2, 0) is 16.0 Å². The van der Waals surface area contributed by atoms with E-state index in [1.165, 1.54) is 4.88 Å². The van der Waals surface area contributed by atoms with E-state index in [1.54, 1.807) is 11.3 Å². The number of halogens is 1. The van der Waals surface area contributed by atoms with Gasteiger partial charge in [-0.3, -0.25) is 4.99 Å². The van der Waals surface area contributed by atoms with Crippen molar-refractivity contribution in [1.82, 2.24) is 10.2 Å². The predicted molar refractivity (Wildman–Crippen MR) is 104 cm³/mol. The molecule has 0 atom stereocenters. The van der Waals surface area contributed by atoms with Gasteiger partial charge in [0.05, 0.1) is 10.3 Å². The first-order valence-corrected chi connectivity index (χ1v) is 10.1. The van der Waals surface area contributed by atoms with E-state index in [2.05, 4.69) is 50.3 Å². The summed E-state index contributed by atoms with van der Waals surface area (Å²) >= 11 is 5.26. The van der Waals surface area contributed by atoms with Crippen molar-refractivity contribution in [2.45, 2.75) is 25.8 Å². The Hall–Kier alpha value is -0.630. The molecular weight excluding hydrogens is 390 g/mol. The smallest absolute Gasteiger partial charge is 0.193 e. The van der Waals surface area contributed by atoms with E-state index in [0.29, 0.717) is 5.92 Å². The molecule has 0 radical (unpaired) electrons. The molecule has 1 N–H and O–H groups in total. The molecule has 5 nitrogen and oxygen atoms in total. The molecule has 0 aromatic carbocycles. The van der Waals surface area contributed by atoms with Crippen LogP contribution in [0.5, 0.6) is 0 Å². The first-order valence-electron chi connectivity index (χ1n) is 8.50. The monoisotopic (exact) mass is 417 g/mol. The van der Waals surface area contributed by atoms with Gasteiger partial charge in [0.1, 0.15) is 0 Å². The fourth-order valence-corrected chi connectivity index (χ4v) is 4.20. The molecule has 2 rings (SSSR count). The van der Waals surface area contributed by atoms with Crippen molar-refractivity contribution in [2.75, 3.05) is 47.1 Å². The van der Waals surface area contributed by atoms with Crippen molar-refractivity contribution in [2.24, 2.45) is 10.9 Å². The topological polar surface area (TPSA) is 46.1 Å². The maximum atomic E-state index is 5.79. The normalized spacial score (nSPS) is 16.4. The number of hydrogen-bond acceptors (Lipinski definition) is 4. The highest BCUT2D eigenvalue weighted by molar-refractivity contribution is 9.11. The number of guanidine groups is 1. The van der Waals surface area contributed by atoms with Gasteiger partial charge in [-0.1, -0.05) is 0 Å². The Morgan fingerprint density at radius 3 is 2.92 bits per heavy atom. The van der Waals surface area contributed by atoms with Crippen LogP contribution in [0, 0.1) is 5.92 Å². The minimum Gasteiger partial charge on any atom is -0.381 e. The average Bonchev–Trinajstić information content (AvgIpc) is 3.00. The maximum absolute atomic E-state index is 5.79.